The Kier molecular flexibility index (Phi) is 7.30. The second kappa shape index (κ2) is 8.96. The largest absolute Gasteiger partial charge is 0.480 e. The van der Waals surface area contributed by atoms with Crippen LogP contribution >= 0.6 is 0 Å². The molecule has 0 aromatic carbocycles. The number of H-pyrrole nitrogens is 1. The molecule has 11 nitrogen and oxygen atoms in total. The first-order valence-corrected chi connectivity index (χ1v) is 7.11. The smallest absolute Gasteiger partial charge is 0.328 e. The Labute approximate surface area is 137 Å². The van der Waals surface area contributed by atoms with E-state index < -0.39 is 48.6 Å². The van der Waals surface area contributed by atoms with Gasteiger partial charge in [-0.2, -0.15) is 0 Å². The van der Waals surface area contributed by atoms with Crippen molar-refractivity contribution >= 4 is 17.8 Å². The maximum atomic E-state index is 12.3. The Balaban J connectivity index is 2.88. The zero-order valence-corrected chi connectivity index (χ0v) is 13.0. The third-order valence-electron chi connectivity index (χ3n) is 3.19. The molecule has 0 unspecified atom stereocenters. The van der Waals surface area contributed by atoms with Crippen LogP contribution in [0.15, 0.2) is 12.5 Å². The van der Waals surface area contributed by atoms with Crippen molar-refractivity contribution < 1.29 is 29.7 Å². The quantitative estimate of drug-likeness (QED) is 0.242. The number of rotatable bonds is 9. The van der Waals surface area contributed by atoms with Crippen molar-refractivity contribution in [3.8, 4) is 0 Å². The number of carbonyl (C=O) groups excluding carboxylic acids is 2. The highest BCUT2D eigenvalue weighted by atomic mass is 16.4. The Morgan fingerprint density at radius 2 is 2.00 bits per heavy atom. The first-order valence-electron chi connectivity index (χ1n) is 7.11. The van der Waals surface area contributed by atoms with E-state index in [1.807, 2.05) is 0 Å². The summed E-state index contributed by atoms with van der Waals surface area (Å²) < 4.78 is 0. The number of carboxylic acids is 1. The number of aromatic nitrogens is 2. The van der Waals surface area contributed by atoms with Gasteiger partial charge in [0.25, 0.3) is 0 Å². The summed E-state index contributed by atoms with van der Waals surface area (Å²) in [5.41, 5.74) is 5.90. The molecule has 0 aliphatic carbocycles. The monoisotopic (exact) mass is 343 g/mol. The zero-order chi connectivity index (χ0) is 18.3. The lowest BCUT2D eigenvalue weighted by Gasteiger charge is -2.23. The fourth-order valence-electron chi connectivity index (χ4n) is 1.83. The molecular formula is C13H21N5O6. The van der Waals surface area contributed by atoms with Crippen LogP contribution in [0.4, 0.5) is 0 Å². The highest BCUT2D eigenvalue weighted by molar-refractivity contribution is 5.92. The van der Waals surface area contributed by atoms with E-state index in [-0.39, 0.29) is 6.42 Å². The van der Waals surface area contributed by atoms with Crippen LogP contribution < -0.4 is 16.4 Å². The fourth-order valence-corrected chi connectivity index (χ4v) is 1.83. The standard InChI is InChI=1S/C13H21N5O6/c1-6(20)10(13(23)24)18-12(22)9(2-7-3-15-5-16-7)17-11(21)8(14)4-19/h3,5-6,8-10,19-20H,2,4,14H2,1H3,(H,15,16)(H,17,21)(H,18,22)(H,23,24)/t6-,8+,9+,10+/m1/s1. The molecule has 0 bridgehead atoms. The lowest BCUT2D eigenvalue weighted by molar-refractivity contribution is -0.145. The predicted molar refractivity (Wildman–Crippen MR) is 80.5 cm³/mol. The summed E-state index contributed by atoms with van der Waals surface area (Å²) in [4.78, 5) is 41.7. The van der Waals surface area contributed by atoms with Gasteiger partial charge in [0.1, 0.15) is 12.1 Å². The minimum absolute atomic E-state index is 0.0120. The van der Waals surface area contributed by atoms with E-state index in [0.29, 0.717) is 5.69 Å². The summed E-state index contributed by atoms with van der Waals surface area (Å²) in [6, 6.07) is -3.93. The van der Waals surface area contributed by atoms with Crippen LogP contribution in [0.1, 0.15) is 12.6 Å². The van der Waals surface area contributed by atoms with E-state index >= 15 is 0 Å². The van der Waals surface area contributed by atoms with Crippen LogP contribution in [0.25, 0.3) is 0 Å². The van der Waals surface area contributed by atoms with Crippen molar-refractivity contribution in [2.75, 3.05) is 6.61 Å². The van der Waals surface area contributed by atoms with Gasteiger partial charge in [-0.1, -0.05) is 0 Å². The van der Waals surface area contributed by atoms with Crippen LogP contribution in [0.5, 0.6) is 0 Å². The molecule has 2 amide bonds. The lowest BCUT2D eigenvalue weighted by Crippen LogP contribution is -2.57. The van der Waals surface area contributed by atoms with Gasteiger partial charge < -0.3 is 36.7 Å². The molecule has 1 aromatic rings. The van der Waals surface area contributed by atoms with Gasteiger partial charge in [0.05, 0.1) is 19.0 Å². The summed E-state index contributed by atoms with van der Waals surface area (Å²) in [6.07, 6.45) is 1.46. The molecule has 0 fully saturated rings. The second-order valence-corrected chi connectivity index (χ2v) is 5.20. The molecule has 0 spiro atoms. The van der Waals surface area contributed by atoms with Crippen molar-refractivity contribution in [2.45, 2.75) is 37.6 Å². The number of hydrogen-bond acceptors (Lipinski definition) is 7. The number of carboxylic acid groups (broad SMARTS) is 1. The van der Waals surface area contributed by atoms with Crippen molar-refractivity contribution in [1.82, 2.24) is 20.6 Å². The van der Waals surface area contributed by atoms with E-state index in [2.05, 4.69) is 20.6 Å². The maximum absolute atomic E-state index is 12.3. The SMILES string of the molecule is C[C@@H](O)[C@H](NC(=O)[C@H](Cc1cnc[nH]1)NC(=O)[C@@H](N)CO)C(=O)O. The molecule has 11 heteroatoms. The van der Waals surface area contributed by atoms with Gasteiger partial charge in [-0.15, -0.1) is 0 Å². The maximum Gasteiger partial charge on any atom is 0.328 e. The van der Waals surface area contributed by atoms with Crippen LogP contribution in [-0.4, -0.2) is 73.9 Å². The van der Waals surface area contributed by atoms with Gasteiger partial charge in [-0.05, 0) is 6.92 Å². The van der Waals surface area contributed by atoms with Gasteiger partial charge in [-0.3, -0.25) is 9.59 Å². The summed E-state index contributed by atoms with van der Waals surface area (Å²) >= 11 is 0. The van der Waals surface area contributed by atoms with Crippen molar-refractivity contribution in [3.63, 3.8) is 0 Å². The Bertz CT molecular complexity index is 561. The highest BCUT2D eigenvalue weighted by Crippen LogP contribution is 2.02. The number of imidazole rings is 1. The number of amides is 2. The van der Waals surface area contributed by atoms with Crippen molar-refractivity contribution in [1.29, 1.82) is 0 Å². The van der Waals surface area contributed by atoms with Crippen molar-refractivity contribution in [2.24, 2.45) is 5.73 Å². The summed E-state index contributed by atoms with van der Waals surface area (Å²) in [7, 11) is 0. The van der Waals surface area contributed by atoms with E-state index in [9.17, 15) is 19.5 Å². The molecule has 0 saturated heterocycles. The molecular weight excluding hydrogens is 322 g/mol. The summed E-state index contributed by atoms with van der Waals surface area (Å²) in [5, 5.41) is 31.8. The molecule has 1 rings (SSSR count). The number of carbonyl (C=O) groups is 3. The second-order valence-electron chi connectivity index (χ2n) is 5.20. The van der Waals surface area contributed by atoms with Crippen LogP contribution in [0.3, 0.4) is 0 Å². The molecule has 1 heterocycles. The first-order chi connectivity index (χ1) is 11.3. The number of aliphatic hydroxyl groups excluding tert-OH is 2. The molecule has 0 saturated carbocycles. The average Bonchev–Trinajstić information content (AvgIpc) is 3.03. The Hall–Kier alpha value is -2.50. The molecule has 0 radical (unpaired) electrons. The normalized spacial score (nSPS) is 15.8. The summed E-state index contributed by atoms with van der Waals surface area (Å²) in [6.45, 7) is 0.596. The van der Waals surface area contributed by atoms with E-state index in [0.717, 1.165) is 0 Å². The van der Waals surface area contributed by atoms with Crippen LogP contribution in [0, 0.1) is 0 Å². The number of nitrogens with two attached hydrogens (primary N) is 1. The molecule has 1 aromatic heterocycles. The number of aliphatic hydroxyl groups is 2. The zero-order valence-electron chi connectivity index (χ0n) is 13.0. The summed E-state index contributed by atoms with van der Waals surface area (Å²) in [5.74, 6) is -3.02. The van der Waals surface area contributed by atoms with E-state index in [1.54, 1.807) is 0 Å². The molecule has 0 aliphatic heterocycles. The molecule has 4 atom stereocenters. The first kappa shape index (κ1) is 19.5. The molecule has 134 valence electrons. The number of hydrogen-bond donors (Lipinski definition) is 7. The van der Waals surface area contributed by atoms with Gasteiger partial charge in [0, 0.05) is 18.3 Å². The van der Waals surface area contributed by atoms with Gasteiger partial charge >= 0.3 is 5.97 Å². The number of aromatic amines is 1. The molecule has 24 heavy (non-hydrogen) atoms. The Morgan fingerprint density at radius 3 is 2.46 bits per heavy atom. The number of nitrogens with zero attached hydrogens (tertiary/aromatic N) is 1. The van der Waals surface area contributed by atoms with E-state index in [1.165, 1.54) is 19.4 Å². The van der Waals surface area contributed by atoms with Crippen LogP contribution in [0.2, 0.25) is 0 Å². The van der Waals surface area contributed by atoms with Crippen LogP contribution in [-0.2, 0) is 20.8 Å². The number of nitrogens with one attached hydrogen (secondary N) is 3. The van der Waals surface area contributed by atoms with Crippen molar-refractivity contribution in [3.05, 3.63) is 18.2 Å². The van der Waals surface area contributed by atoms with E-state index in [4.69, 9.17) is 15.9 Å². The minimum Gasteiger partial charge on any atom is -0.480 e. The fraction of sp³-hybridized carbons (Fsp3) is 0.538. The Morgan fingerprint density at radius 1 is 1.33 bits per heavy atom. The number of aliphatic carboxylic acids is 1. The average molecular weight is 343 g/mol. The van der Waals surface area contributed by atoms with Gasteiger partial charge in [0.15, 0.2) is 6.04 Å². The minimum atomic E-state index is -1.54. The third-order valence-corrected chi connectivity index (χ3v) is 3.19. The topological polar surface area (TPSA) is 191 Å². The molecule has 8 N–H and O–H groups in total. The molecule has 0 aliphatic rings. The third kappa shape index (κ3) is 5.61. The highest BCUT2D eigenvalue weighted by Gasteiger charge is 2.30. The predicted octanol–water partition coefficient (Wildman–Crippen LogP) is -3.29. The van der Waals surface area contributed by atoms with Gasteiger partial charge in [-0.25, -0.2) is 9.78 Å². The lowest BCUT2D eigenvalue weighted by atomic mass is 10.1. The van der Waals surface area contributed by atoms with Gasteiger partial charge in [0.2, 0.25) is 11.8 Å².